The number of phenolic OH excluding ortho intramolecular Hbond substituents is 1. The molecule has 0 aromatic heterocycles. The summed E-state index contributed by atoms with van der Waals surface area (Å²) >= 11 is 0. The Balaban J connectivity index is 3.81. The fourth-order valence-electron chi connectivity index (χ4n) is 2.22. The molecule has 19 heteroatoms. The third-order valence-corrected chi connectivity index (χ3v) is 4.22. The van der Waals surface area contributed by atoms with Crippen molar-refractivity contribution in [1.29, 1.82) is 5.26 Å². The van der Waals surface area contributed by atoms with Crippen LogP contribution in [0.25, 0.3) is 0 Å². The fourth-order valence-corrected chi connectivity index (χ4v) is 2.22. The van der Waals surface area contributed by atoms with Crippen LogP contribution in [0.5, 0.6) is 5.75 Å². The van der Waals surface area contributed by atoms with E-state index in [9.17, 15) is 79.7 Å². The molecule has 0 aliphatic rings. The Bertz CT molecular complexity index is 972. The van der Waals surface area contributed by atoms with Gasteiger partial charge in [-0.3, -0.25) is 0 Å². The van der Waals surface area contributed by atoms with Crippen LogP contribution < -0.4 is 0 Å². The first-order valence-corrected chi connectivity index (χ1v) is 7.65. The van der Waals surface area contributed by atoms with E-state index in [-0.39, 0.29) is 6.07 Å². The number of benzene rings is 1. The summed E-state index contributed by atoms with van der Waals surface area (Å²) in [6.45, 7) is 0. The molecule has 0 atom stereocenters. The number of nitrogens with zero attached hydrogens (tertiary/aromatic N) is 1. The van der Waals surface area contributed by atoms with Crippen molar-refractivity contribution in [3.63, 3.8) is 0 Å². The Morgan fingerprint density at radius 3 is 1.26 bits per heavy atom. The number of halogens is 17. The smallest absolute Gasteiger partial charge is 0.460 e. The minimum Gasteiger partial charge on any atom is -0.506 e. The maximum atomic E-state index is 14.1. The molecule has 0 radical (unpaired) electrons. The van der Waals surface area contributed by atoms with Gasteiger partial charge in [0.25, 0.3) is 0 Å². The maximum absolute atomic E-state index is 14.1. The number of hydrogen-bond donors (Lipinski definition) is 1. The molecule has 0 bridgehead atoms. The average Bonchev–Trinajstić information content (AvgIpc) is 2.66. The number of alkyl halides is 17. The van der Waals surface area contributed by atoms with Crippen molar-refractivity contribution in [1.82, 2.24) is 0 Å². The summed E-state index contributed by atoms with van der Waals surface area (Å²) in [6, 6.07) is 0.924. The Morgan fingerprint density at radius 2 is 0.912 bits per heavy atom. The van der Waals surface area contributed by atoms with Gasteiger partial charge in [-0.2, -0.15) is 79.9 Å². The van der Waals surface area contributed by atoms with E-state index in [2.05, 4.69) is 0 Å². The highest BCUT2D eigenvalue weighted by atomic mass is 19.4. The summed E-state index contributed by atoms with van der Waals surface area (Å²) in [5.74, 6) is -60.0. The number of nitriles is 1. The summed E-state index contributed by atoms with van der Waals surface area (Å²) in [4.78, 5) is 0. The second-order valence-electron chi connectivity index (χ2n) is 6.33. The molecule has 0 saturated heterocycles. The molecule has 0 aliphatic heterocycles. The van der Waals surface area contributed by atoms with E-state index in [0.29, 0.717) is 6.07 Å². The maximum Gasteiger partial charge on any atom is 0.460 e. The zero-order valence-electron chi connectivity index (χ0n) is 15.1. The summed E-state index contributed by atoms with van der Waals surface area (Å²) in [7, 11) is 0. The van der Waals surface area contributed by atoms with Gasteiger partial charge in [-0.15, -0.1) is 0 Å². The first kappa shape index (κ1) is 29.4. The standard InChI is InChI=1S/C15H4F17NO/c16-8(17,6-3-1-2-5(4-33)7(6)34)9(18,19)10(20,21)11(22,23)12(24,25)13(26,27)14(28,29)15(30,31)32/h1-3,34H. The SMILES string of the molecule is N#Cc1cccc(C(F)(F)C(F)(F)C(F)(F)C(F)(F)C(F)(F)C(F)(F)C(F)(F)C(F)(F)F)c1O. The van der Waals surface area contributed by atoms with E-state index in [1.54, 1.807) is 0 Å². The van der Waals surface area contributed by atoms with Crippen molar-refractivity contribution in [3.05, 3.63) is 29.3 Å². The molecule has 1 aromatic rings. The third kappa shape index (κ3) is 3.47. The van der Waals surface area contributed by atoms with Gasteiger partial charge in [0.05, 0.1) is 11.1 Å². The van der Waals surface area contributed by atoms with Gasteiger partial charge < -0.3 is 5.11 Å². The van der Waals surface area contributed by atoms with Crippen LogP contribution >= 0.6 is 0 Å². The van der Waals surface area contributed by atoms with E-state index in [4.69, 9.17) is 5.26 Å². The van der Waals surface area contributed by atoms with Gasteiger partial charge in [0, 0.05) is 0 Å². The lowest BCUT2D eigenvalue weighted by molar-refractivity contribution is -0.462. The van der Waals surface area contributed by atoms with Crippen molar-refractivity contribution >= 4 is 0 Å². The van der Waals surface area contributed by atoms with Gasteiger partial charge in [-0.1, -0.05) is 6.07 Å². The average molecular weight is 537 g/mol. The second kappa shape index (κ2) is 7.66. The molecule has 1 N–H and O–H groups in total. The van der Waals surface area contributed by atoms with Gasteiger partial charge in [0.15, 0.2) is 0 Å². The van der Waals surface area contributed by atoms with E-state index in [1.165, 1.54) is 0 Å². The summed E-state index contributed by atoms with van der Waals surface area (Å²) in [5.41, 5.74) is -4.22. The van der Waals surface area contributed by atoms with Crippen LogP contribution in [0.3, 0.4) is 0 Å². The topological polar surface area (TPSA) is 44.0 Å². The van der Waals surface area contributed by atoms with Gasteiger partial charge in [-0.25, -0.2) is 0 Å². The van der Waals surface area contributed by atoms with E-state index in [0.717, 1.165) is 6.07 Å². The molecule has 2 nitrogen and oxygen atoms in total. The van der Waals surface area contributed by atoms with Crippen molar-refractivity contribution in [3.8, 4) is 11.8 Å². The summed E-state index contributed by atoms with van der Waals surface area (Å²) < 4.78 is 225. The molecule has 0 amide bonds. The Hall–Kier alpha value is -2.68. The van der Waals surface area contributed by atoms with Crippen LogP contribution in [0.4, 0.5) is 74.6 Å². The summed E-state index contributed by atoms with van der Waals surface area (Å²) in [6.07, 6.45) is -7.83. The van der Waals surface area contributed by atoms with Crippen molar-refractivity contribution in [2.45, 2.75) is 47.6 Å². The number of aromatic hydroxyl groups is 1. The molecule has 0 heterocycles. The first-order chi connectivity index (χ1) is 14.7. The van der Waals surface area contributed by atoms with Crippen LogP contribution in [0.15, 0.2) is 18.2 Å². The van der Waals surface area contributed by atoms with E-state index >= 15 is 0 Å². The van der Waals surface area contributed by atoms with Crippen LogP contribution in [0, 0.1) is 11.3 Å². The summed E-state index contributed by atoms with van der Waals surface area (Å²) in [5, 5.41) is 17.8. The molecular weight excluding hydrogens is 533 g/mol. The van der Waals surface area contributed by atoms with Gasteiger partial charge in [-0.05, 0) is 12.1 Å². The Morgan fingerprint density at radius 1 is 0.559 bits per heavy atom. The molecule has 0 unspecified atom stereocenters. The first-order valence-electron chi connectivity index (χ1n) is 7.65. The molecule has 0 spiro atoms. The van der Waals surface area contributed by atoms with Crippen molar-refractivity contribution < 1.29 is 79.7 Å². The molecular formula is C15H4F17NO. The van der Waals surface area contributed by atoms with Crippen LogP contribution in [-0.4, -0.2) is 46.8 Å². The van der Waals surface area contributed by atoms with Gasteiger partial charge in [0.1, 0.15) is 11.8 Å². The minimum absolute atomic E-state index is 0.153. The van der Waals surface area contributed by atoms with E-state index < -0.39 is 70.6 Å². The molecule has 1 aromatic carbocycles. The Kier molecular flexibility index (Phi) is 6.62. The molecule has 1 rings (SSSR count). The highest BCUT2D eigenvalue weighted by Gasteiger charge is 2.95. The van der Waals surface area contributed by atoms with Crippen molar-refractivity contribution in [2.75, 3.05) is 0 Å². The van der Waals surface area contributed by atoms with Crippen LogP contribution in [-0.2, 0) is 5.92 Å². The van der Waals surface area contributed by atoms with Gasteiger partial charge in [0.2, 0.25) is 0 Å². The Labute approximate surface area is 175 Å². The number of hydrogen-bond acceptors (Lipinski definition) is 2. The predicted octanol–water partition coefficient (Wildman–Crippen LogP) is 6.73. The number of phenols is 1. The highest BCUT2D eigenvalue weighted by molar-refractivity contribution is 5.50. The van der Waals surface area contributed by atoms with Crippen LogP contribution in [0.1, 0.15) is 11.1 Å². The van der Waals surface area contributed by atoms with E-state index in [1.807, 2.05) is 0 Å². The van der Waals surface area contributed by atoms with Crippen molar-refractivity contribution in [2.24, 2.45) is 0 Å². The predicted molar refractivity (Wildman–Crippen MR) is 72.5 cm³/mol. The molecule has 0 aliphatic carbocycles. The minimum atomic E-state index is -8.74. The van der Waals surface area contributed by atoms with Crippen LogP contribution in [0.2, 0.25) is 0 Å². The monoisotopic (exact) mass is 537 g/mol. The molecule has 34 heavy (non-hydrogen) atoms. The zero-order valence-corrected chi connectivity index (χ0v) is 15.1. The molecule has 0 saturated carbocycles. The second-order valence-corrected chi connectivity index (χ2v) is 6.33. The fraction of sp³-hybridized carbons (Fsp3) is 0.533. The lowest BCUT2D eigenvalue weighted by Gasteiger charge is -2.42. The molecule has 0 fully saturated rings. The lowest BCUT2D eigenvalue weighted by atomic mass is 9.86. The highest BCUT2D eigenvalue weighted by Crippen LogP contribution is 2.65. The van der Waals surface area contributed by atoms with Gasteiger partial charge >= 0.3 is 47.6 Å². The largest absolute Gasteiger partial charge is 0.506 e. The third-order valence-electron chi connectivity index (χ3n) is 4.22. The normalized spacial score (nSPS) is 15.3. The number of rotatable bonds is 7. The quantitative estimate of drug-likeness (QED) is 0.393. The zero-order chi connectivity index (χ0) is 27.6. The number of para-hydroxylation sites is 1. The lowest BCUT2D eigenvalue weighted by Crippen LogP contribution is -2.74. The molecule has 194 valence electrons.